The van der Waals surface area contributed by atoms with Crippen LogP contribution >= 0.6 is 0 Å². The predicted molar refractivity (Wildman–Crippen MR) is 50.9 cm³/mol. The van der Waals surface area contributed by atoms with E-state index in [9.17, 15) is 9.59 Å². The second-order valence-electron chi connectivity index (χ2n) is 2.44. The lowest BCUT2D eigenvalue weighted by Crippen LogP contribution is -2.08. The van der Waals surface area contributed by atoms with Gasteiger partial charge in [-0.3, -0.25) is 0 Å². The van der Waals surface area contributed by atoms with Gasteiger partial charge in [-0.2, -0.15) is 0 Å². The quantitative estimate of drug-likeness (QED) is 0.355. The van der Waals surface area contributed by atoms with Gasteiger partial charge < -0.3 is 14.6 Å². The maximum atomic E-state index is 10.9. The number of hydrogen-bond acceptors (Lipinski definition) is 4. The summed E-state index contributed by atoms with van der Waals surface area (Å²) < 4.78 is 9.15. The Bertz CT molecular complexity index is 397. The smallest absolute Gasteiger partial charge is 0.449 e. The molecule has 0 fully saturated rings. The molecule has 1 aromatic carbocycles. The van der Waals surface area contributed by atoms with Crippen LogP contribution in [0.2, 0.25) is 0 Å². The molecule has 0 aliphatic carbocycles. The van der Waals surface area contributed by atoms with Crippen LogP contribution in [-0.2, 0) is 4.79 Å². The first-order valence-corrected chi connectivity index (χ1v) is 3.97. The molecule has 0 heterocycles. The van der Waals surface area contributed by atoms with Gasteiger partial charge in [0.05, 0.1) is 0 Å². The fourth-order valence-corrected chi connectivity index (χ4v) is 0.863. The van der Waals surface area contributed by atoms with Gasteiger partial charge in [0.15, 0.2) is 11.5 Å². The third-order valence-electron chi connectivity index (χ3n) is 1.42. The Morgan fingerprint density at radius 1 is 1.20 bits per heavy atom. The number of benzene rings is 1. The first-order valence-electron chi connectivity index (χ1n) is 3.97. The molecule has 5 heteroatoms. The maximum Gasteiger partial charge on any atom is 0.511 e. The number of esters is 1. The number of hydrogen-bond donors (Lipinski definition) is 1. The summed E-state index contributed by atoms with van der Waals surface area (Å²) in [5.74, 6) is -0.693. The molecule has 0 amide bonds. The molecule has 1 N–H and O–H groups in total. The molecule has 0 aliphatic rings. The molecule has 0 atom stereocenters. The van der Waals surface area contributed by atoms with E-state index < -0.39 is 12.1 Å². The van der Waals surface area contributed by atoms with E-state index in [-0.39, 0.29) is 11.5 Å². The third-order valence-corrected chi connectivity index (χ3v) is 1.42. The highest BCUT2D eigenvalue weighted by Gasteiger charge is 2.10. The summed E-state index contributed by atoms with van der Waals surface area (Å²) in [6, 6.07) is 5.93. The lowest BCUT2D eigenvalue weighted by Gasteiger charge is -2.06. The summed E-state index contributed by atoms with van der Waals surface area (Å²) in [6.45, 7) is 3.22. The van der Waals surface area contributed by atoms with Gasteiger partial charge in [0.25, 0.3) is 0 Å². The third kappa shape index (κ3) is 3.15. The molecule has 0 aliphatic heterocycles. The lowest BCUT2D eigenvalue weighted by atomic mass is 10.3. The number of carbonyl (C=O) groups is 2. The molecule has 0 aromatic heterocycles. The number of carboxylic acid groups (broad SMARTS) is 1. The topological polar surface area (TPSA) is 72.8 Å². The zero-order valence-electron chi connectivity index (χ0n) is 7.67. The van der Waals surface area contributed by atoms with Crippen LogP contribution in [0.4, 0.5) is 4.79 Å². The molecule has 0 saturated carbocycles. The zero-order valence-corrected chi connectivity index (χ0v) is 7.67. The van der Waals surface area contributed by atoms with Crippen LogP contribution in [-0.4, -0.2) is 17.2 Å². The van der Waals surface area contributed by atoms with E-state index in [4.69, 9.17) is 9.84 Å². The Kier molecular flexibility index (Phi) is 3.45. The Labute approximate surface area is 85.5 Å². The number of rotatable bonds is 3. The minimum atomic E-state index is -1.47. The number of ether oxygens (including phenoxy) is 2. The lowest BCUT2D eigenvalue weighted by molar-refractivity contribution is -0.129. The van der Waals surface area contributed by atoms with E-state index in [1.54, 1.807) is 12.1 Å². The minimum absolute atomic E-state index is 0.0322. The van der Waals surface area contributed by atoms with E-state index in [0.717, 1.165) is 6.08 Å². The summed E-state index contributed by atoms with van der Waals surface area (Å²) in [5, 5.41) is 8.40. The maximum absolute atomic E-state index is 10.9. The van der Waals surface area contributed by atoms with Crippen molar-refractivity contribution in [1.29, 1.82) is 0 Å². The molecular formula is C10H8O5. The molecule has 0 unspecified atom stereocenters. The Morgan fingerprint density at radius 3 is 2.20 bits per heavy atom. The van der Waals surface area contributed by atoms with E-state index in [2.05, 4.69) is 11.3 Å². The van der Waals surface area contributed by atoms with Gasteiger partial charge in [-0.05, 0) is 12.1 Å². The molecular weight excluding hydrogens is 200 g/mol. The van der Waals surface area contributed by atoms with Crippen LogP contribution in [0, 0.1) is 0 Å². The Balaban J connectivity index is 2.90. The summed E-state index contributed by atoms with van der Waals surface area (Å²) in [4.78, 5) is 21.2. The van der Waals surface area contributed by atoms with Gasteiger partial charge in [-0.25, -0.2) is 9.59 Å². The number of para-hydroxylation sites is 2. The summed E-state index contributed by atoms with van der Waals surface area (Å²) in [7, 11) is 0. The van der Waals surface area contributed by atoms with Crippen molar-refractivity contribution in [2.24, 2.45) is 0 Å². The van der Waals surface area contributed by atoms with E-state index in [1.807, 2.05) is 0 Å². The van der Waals surface area contributed by atoms with E-state index >= 15 is 0 Å². The summed E-state index contributed by atoms with van der Waals surface area (Å²) in [6.07, 6.45) is -0.505. The molecule has 1 rings (SSSR count). The molecule has 78 valence electrons. The predicted octanol–water partition coefficient (Wildman–Crippen LogP) is 1.83. The monoisotopic (exact) mass is 208 g/mol. The average molecular weight is 208 g/mol. The molecule has 1 aromatic rings. The van der Waals surface area contributed by atoms with Crippen molar-refractivity contribution >= 4 is 12.1 Å². The zero-order chi connectivity index (χ0) is 11.3. The second kappa shape index (κ2) is 4.80. The molecule has 5 nitrogen and oxygen atoms in total. The van der Waals surface area contributed by atoms with Crippen LogP contribution in [0.3, 0.4) is 0 Å². The van der Waals surface area contributed by atoms with E-state index in [0.29, 0.717) is 0 Å². The molecule has 0 radical (unpaired) electrons. The van der Waals surface area contributed by atoms with Gasteiger partial charge in [0.2, 0.25) is 0 Å². The van der Waals surface area contributed by atoms with Crippen LogP contribution in [0.1, 0.15) is 0 Å². The van der Waals surface area contributed by atoms with Gasteiger partial charge >= 0.3 is 12.1 Å². The molecule has 0 spiro atoms. The fourth-order valence-electron chi connectivity index (χ4n) is 0.863. The normalized spacial score (nSPS) is 9.07. The SMILES string of the molecule is C=CC(=O)Oc1ccccc1OC(=O)O. The Hall–Kier alpha value is -2.30. The van der Waals surface area contributed by atoms with Crippen molar-refractivity contribution in [1.82, 2.24) is 0 Å². The first kappa shape index (κ1) is 10.8. The van der Waals surface area contributed by atoms with Crippen molar-refractivity contribution in [3.8, 4) is 11.5 Å². The molecule has 15 heavy (non-hydrogen) atoms. The molecule has 0 bridgehead atoms. The van der Waals surface area contributed by atoms with Gasteiger partial charge in [-0.1, -0.05) is 18.7 Å². The van der Waals surface area contributed by atoms with Crippen LogP contribution in [0.5, 0.6) is 11.5 Å². The van der Waals surface area contributed by atoms with Crippen LogP contribution < -0.4 is 9.47 Å². The average Bonchev–Trinajstić information content (AvgIpc) is 2.20. The van der Waals surface area contributed by atoms with Gasteiger partial charge in [0.1, 0.15) is 0 Å². The standard InChI is InChI=1S/C10H8O5/c1-2-9(11)14-7-5-3-4-6-8(7)15-10(12)13/h2-6H,1H2,(H,12,13). The van der Waals surface area contributed by atoms with Crippen LogP contribution in [0.25, 0.3) is 0 Å². The fraction of sp³-hybridized carbons (Fsp3) is 0. The summed E-state index contributed by atoms with van der Waals surface area (Å²) in [5.41, 5.74) is 0. The van der Waals surface area contributed by atoms with Crippen molar-refractivity contribution in [2.45, 2.75) is 0 Å². The highest BCUT2D eigenvalue weighted by Crippen LogP contribution is 2.26. The van der Waals surface area contributed by atoms with Crippen molar-refractivity contribution < 1.29 is 24.2 Å². The van der Waals surface area contributed by atoms with Gasteiger partial charge in [-0.15, -0.1) is 0 Å². The highest BCUT2D eigenvalue weighted by atomic mass is 16.7. The van der Waals surface area contributed by atoms with Crippen molar-refractivity contribution in [2.75, 3.05) is 0 Å². The highest BCUT2D eigenvalue weighted by molar-refractivity contribution is 5.84. The van der Waals surface area contributed by atoms with Gasteiger partial charge in [0, 0.05) is 6.08 Å². The number of carbonyl (C=O) groups excluding carboxylic acids is 1. The van der Waals surface area contributed by atoms with Crippen molar-refractivity contribution in [3.63, 3.8) is 0 Å². The first-order chi connectivity index (χ1) is 7.13. The van der Waals surface area contributed by atoms with Crippen molar-refractivity contribution in [3.05, 3.63) is 36.9 Å². The summed E-state index contributed by atoms with van der Waals surface area (Å²) >= 11 is 0. The largest absolute Gasteiger partial charge is 0.511 e. The minimum Gasteiger partial charge on any atom is -0.449 e. The second-order valence-corrected chi connectivity index (χ2v) is 2.44. The van der Waals surface area contributed by atoms with Crippen LogP contribution in [0.15, 0.2) is 36.9 Å². The molecule has 0 saturated heterocycles. The van der Waals surface area contributed by atoms with E-state index in [1.165, 1.54) is 12.1 Å². The Morgan fingerprint density at radius 2 is 1.73 bits per heavy atom.